The van der Waals surface area contributed by atoms with E-state index in [2.05, 4.69) is 22.6 Å². The Balaban J connectivity index is 1.43. The van der Waals surface area contributed by atoms with E-state index in [1.54, 1.807) is 0 Å². The van der Waals surface area contributed by atoms with Gasteiger partial charge in [0.15, 0.2) is 0 Å². The molecule has 3 heteroatoms. The molecule has 3 atom stereocenters. The van der Waals surface area contributed by atoms with Gasteiger partial charge in [0.05, 0.1) is 0 Å². The third-order valence-electron chi connectivity index (χ3n) is 5.48. The van der Waals surface area contributed by atoms with Gasteiger partial charge in [-0.3, -0.25) is 0 Å². The van der Waals surface area contributed by atoms with Crippen molar-refractivity contribution in [1.82, 2.24) is 15.5 Å². The minimum Gasteiger partial charge on any atom is -0.314 e. The van der Waals surface area contributed by atoms with Gasteiger partial charge in [0.2, 0.25) is 0 Å². The fourth-order valence-corrected chi connectivity index (χ4v) is 4.10. The summed E-state index contributed by atoms with van der Waals surface area (Å²) in [5, 5.41) is 7.61. The smallest absolute Gasteiger partial charge is 0.0111 e. The van der Waals surface area contributed by atoms with Crippen molar-refractivity contribution in [2.45, 2.75) is 69.5 Å². The van der Waals surface area contributed by atoms with Crippen LogP contribution in [0.5, 0.6) is 0 Å². The van der Waals surface area contributed by atoms with Crippen molar-refractivity contribution in [3.05, 3.63) is 0 Å². The van der Waals surface area contributed by atoms with E-state index in [1.165, 1.54) is 71.0 Å². The van der Waals surface area contributed by atoms with Crippen molar-refractivity contribution in [3.8, 4) is 0 Å². The summed E-state index contributed by atoms with van der Waals surface area (Å²) >= 11 is 0. The highest BCUT2D eigenvalue weighted by Crippen LogP contribution is 2.30. The second-order valence-corrected chi connectivity index (χ2v) is 6.92. The third kappa shape index (κ3) is 3.71. The molecule has 19 heavy (non-hydrogen) atoms. The van der Waals surface area contributed by atoms with E-state index in [-0.39, 0.29) is 0 Å². The third-order valence-corrected chi connectivity index (χ3v) is 5.48. The second kappa shape index (κ2) is 6.55. The predicted octanol–water partition coefficient (Wildman–Crippen LogP) is 1.98. The van der Waals surface area contributed by atoms with E-state index in [0.29, 0.717) is 0 Å². The van der Waals surface area contributed by atoms with E-state index in [4.69, 9.17) is 0 Å². The van der Waals surface area contributed by atoms with Gasteiger partial charge in [0, 0.05) is 31.2 Å². The monoisotopic (exact) mass is 265 g/mol. The fraction of sp³-hybridized carbons (Fsp3) is 1.00. The molecule has 0 spiro atoms. The molecule has 3 unspecified atom stereocenters. The maximum Gasteiger partial charge on any atom is 0.0111 e. The van der Waals surface area contributed by atoms with E-state index in [0.717, 1.165) is 24.0 Å². The number of nitrogens with one attached hydrogen (secondary N) is 2. The molecule has 1 heterocycles. The summed E-state index contributed by atoms with van der Waals surface area (Å²) in [4.78, 5) is 2.54. The van der Waals surface area contributed by atoms with Crippen molar-refractivity contribution < 1.29 is 0 Å². The zero-order valence-corrected chi connectivity index (χ0v) is 12.5. The SMILES string of the molecule is CN(CCNC1CCCCC1C1CCCN1)C1CC1. The van der Waals surface area contributed by atoms with Gasteiger partial charge >= 0.3 is 0 Å². The van der Waals surface area contributed by atoms with Gasteiger partial charge in [-0.15, -0.1) is 0 Å². The normalized spacial score (nSPS) is 36.0. The lowest BCUT2D eigenvalue weighted by molar-refractivity contribution is 0.207. The number of rotatable bonds is 6. The first-order chi connectivity index (χ1) is 9.34. The molecule has 0 aromatic carbocycles. The summed E-state index contributed by atoms with van der Waals surface area (Å²) in [6, 6.07) is 2.48. The summed E-state index contributed by atoms with van der Waals surface area (Å²) in [6.07, 6.45) is 11.4. The highest BCUT2D eigenvalue weighted by Gasteiger charge is 2.33. The first-order valence-electron chi connectivity index (χ1n) is 8.51. The highest BCUT2D eigenvalue weighted by atomic mass is 15.2. The van der Waals surface area contributed by atoms with Crippen LogP contribution in [0.15, 0.2) is 0 Å². The standard InChI is InChI=1S/C16H31N3/c1-19(13-8-9-13)12-11-18-15-6-3-2-5-14(15)16-7-4-10-17-16/h13-18H,2-12H2,1H3. The molecule has 0 aromatic heterocycles. The minimum absolute atomic E-state index is 0.775. The van der Waals surface area contributed by atoms with Crippen LogP contribution in [0, 0.1) is 5.92 Å². The zero-order valence-electron chi connectivity index (χ0n) is 12.5. The summed E-state index contributed by atoms with van der Waals surface area (Å²) in [7, 11) is 2.29. The summed E-state index contributed by atoms with van der Waals surface area (Å²) < 4.78 is 0. The van der Waals surface area contributed by atoms with Crippen molar-refractivity contribution >= 4 is 0 Å². The molecular weight excluding hydrogens is 234 g/mol. The summed E-state index contributed by atoms with van der Waals surface area (Å²) in [5.74, 6) is 0.891. The summed E-state index contributed by atoms with van der Waals surface area (Å²) in [6.45, 7) is 3.66. The van der Waals surface area contributed by atoms with Gasteiger partial charge in [-0.1, -0.05) is 12.8 Å². The van der Waals surface area contributed by atoms with Gasteiger partial charge < -0.3 is 15.5 Å². The van der Waals surface area contributed by atoms with Gasteiger partial charge in [-0.05, 0) is 58.0 Å². The van der Waals surface area contributed by atoms with Crippen LogP contribution >= 0.6 is 0 Å². The lowest BCUT2D eigenvalue weighted by Crippen LogP contribution is -2.48. The Labute approximate surface area is 118 Å². The van der Waals surface area contributed by atoms with Gasteiger partial charge in [-0.25, -0.2) is 0 Å². The van der Waals surface area contributed by atoms with Crippen molar-refractivity contribution in [3.63, 3.8) is 0 Å². The Morgan fingerprint density at radius 2 is 1.89 bits per heavy atom. The molecule has 2 N–H and O–H groups in total. The zero-order chi connectivity index (χ0) is 13.1. The van der Waals surface area contributed by atoms with Crippen molar-refractivity contribution in [2.24, 2.45) is 5.92 Å². The lowest BCUT2D eigenvalue weighted by atomic mass is 9.79. The Kier molecular flexibility index (Phi) is 4.78. The van der Waals surface area contributed by atoms with Crippen LogP contribution < -0.4 is 10.6 Å². The Morgan fingerprint density at radius 1 is 1.05 bits per heavy atom. The van der Waals surface area contributed by atoms with E-state index in [1.807, 2.05) is 0 Å². The molecule has 0 radical (unpaired) electrons. The van der Waals surface area contributed by atoms with Crippen LogP contribution in [-0.2, 0) is 0 Å². The first kappa shape index (κ1) is 13.8. The van der Waals surface area contributed by atoms with Crippen LogP contribution in [0.3, 0.4) is 0 Å². The van der Waals surface area contributed by atoms with Gasteiger partial charge in [-0.2, -0.15) is 0 Å². The van der Waals surface area contributed by atoms with Crippen molar-refractivity contribution in [2.75, 3.05) is 26.7 Å². The lowest BCUT2D eigenvalue weighted by Gasteiger charge is -2.36. The van der Waals surface area contributed by atoms with Crippen LogP contribution in [0.2, 0.25) is 0 Å². The maximum absolute atomic E-state index is 3.88. The molecule has 3 nitrogen and oxygen atoms in total. The quantitative estimate of drug-likeness (QED) is 0.769. The number of hydrogen-bond donors (Lipinski definition) is 2. The Hall–Kier alpha value is -0.120. The molecule has 2 aliphatic carbocycles. The van der Waals surface area contributed by atoms with E-state index < -0.39 is 0 Å². The van der Waals surface area contributed by atoms with Gasteiger partial charge in [0.25, 0.3) is 0 Å². The summed E-state index contributed by atoms with van der Waals surface area (Å²) in [5.41, 5.74) is 0. The van der Waals surface area contributed by atoms with E-state index >= 15 is 0 Å². The first-order valence-corrected chi connectivity index (χ1v) is 8.51. The minimum atomic E-state index is 0.775. The fourth-order valence-electron chi connectivity index (χ4n) is 4.10. The van der Waals surface area contributed by atoms with Crippen molar-refractivity contribution in [1.29, 1.82) is 0 Å². The average molecular weight is 265 g/mol. The number of hydrogen-bond acceptors (Lipinski definition) is 3. The number of likely N-dealkylation sites (N-methyl/N-ethyl adjacent to an activating group) is 1. The molecular formula is C16H31N3. The molecule has 0 bridgehead atoms. The molecule has 3 fully saturated rings. The molecule has 1 saturated heterocycles. The molecule has 0 aromatic rings. The topological polar surface area (TPSA) is 27.3 Å². The van der Waals surface area contributed by atoms with E-state index in [9.17, 15) is 0 Å². The molecule has 2 saturated carbocycles. The molecule has 1 aliphatic heterocycles. The van der Waals surface area contributed by atoms with Crippen LogP contribution in [0.4, 0.5) is 0 Å². The maximum atomic E-state index is 3.88. The largest absolute Gasteiger partial charge is 0.314 e. The second-order valence-electron chi connectivity index (χ2n) is 6.92. The highest BCUT2D eigenvalue weighted by molar-refractivity contribution is 4.92. The molecule has 0 amide bonds. The molecule has 3 aliphatic rings. The van der Waals surface area contributed by atoms with Crippen LogP contribution in [0.25, 0.3) is 0 Å². The van der Waals surface area contributed by atoms with Crippen LogP contribution in [0.1, 0.15) is 51.4 Å². The molecule has 3 rings (SSSR count). The number of nitrogens with zero attached hydrogens (tertiary/aromatic N) is 1. The Morgan fingerprint density at radius 3 is 2.63 bits per heavy atom. The van der Waals surface area contributed by atoms with Crippen LogP contribution in [-0.4, -0.2) is 49.7 Å². The predicted molar refractivity (Wildman–Crippen MR) is 80.4 cm³/mol. The average Bonchev–Trinajstić information content (AvgIpc) is 3.15. The molecule has 110 valence electrons. The Bertz CT molecular complexity index is 271. The van der Waals surface area contributed by atoms with Gasteiger partial charge in [0.1, 0.15) is 0 Å².